The lowest BCUT2D eigenvalue weighted by Gasteiger charge is -2.11. The third-order valence-electron chi connectivity index (χ3n) is 5.30. The number of carbonyl (C=O) groups excluding carboxylic acids is 1. The van der Waals surface area contributed by atoms with E-state index in [4.69, 9.17) is 0 Å². The van der Waals surface area contributed by atoms with Crippen LogP contribution in [0.15, 0.2) is 82.7 Å². The van der Waals surface area contributed by atoms with E-state index in [0.29, 0.717) is 16.8 Å². The summed E-state index contributed by atoms with van der Waals surface area (Å²) in [5.41, 5.74) is 7.64. The first-order valence-corrected chi connectivity index (χ1v) is 10.4. The molecule has 0 spiro atoms. The highest BCUT2D eigenvalue weighted by molar-refractivity contribution is 5.99. The van der Waals surface area contributed by atoms with Crippen LogP contribution in [-0.2, 0) is 11.3 Å². The molecule has 0 fully saturated rings. The molecule has 0 unspecified atom stereocenters. The predicted molar refractivity (Wildman–Crippen MR) is 128 cm³/mol. The van der Waals surface area contributed by atoms with Gasteiger partial charge in [-0.2, -0.15) is 10.2 Å². The molecule has 6 heteroatoms. The molecule has 0 radical (unpaired) electrons. The van der Waals surface area contributed by atoms with Crippen LogP contribution in [-0.4, -0.2) is 21.4 Å². The van der Waals surface area contributed by atoms with E-state index in [2.05, 4.69) is 15.6 Å². The molecule has 1 heterocycles. The second-order valence-electron chi connectivity index (χ2n) is 7.82. The van der Waals surface area contributed by atoms with Gasteiger partial charge in [0.15, 0.2) is 0 Å². The van der Waals surface area contributed by atoms with E-state index >= 15 is 0 Å². The molecule has 0 aliphatic carbocycles. The molecule has 0 atom stereocenters. The van der Waals surface area contributed by atoms with Crippen molar-refractivity contribution in [1.29, 1.82) is 0 Å². The van der Waals surface area contributed by atoms with Gasteiger partial charge in [-0.25, -0.2) is 10.1 Å². The van der Waals surface area contributed by atoms with Gasteiger partial charge >= 0.3 is 0 Å². The van der Waals surface area contributed by atoms with Crippen LogP contribution >= 0.6 is 0 Å². The summed E-state index contributed by atoms with van der Waals surface area (Å²) in [7, 11) is 0. The molecule has 4 rings (SSSR count). The molecule has 1 amide bonds. The number of benzene rings is 3. The standard InChI is InChI=1S/C26H24N4O2/c1-17-8-12-20(13-9-17)19(3)27-28-24(31)16-30-26(32)23-7-5-4-6-22(23)25(29-30)21-14-10-18(2)11-15-21/h4-15H,16H2,1-3H3,(H,28,31)/b27-19+. The van der Waals surface area contributed by atoms with E-state index in [1.807, 2.05) is 87.5 Å². The van der Waals surface area contributed by atoms with Gasteiger partial charge in [0, 0.05) is 10.9 Å². The van der Waals surface area contributed by atoms with E-state index in [9.17, 15) is 9.59 Å². The third kappa shape index (κ3) is 4.49. The van der Waals surface area contributed by atoms with Crippen LogP contribution < -0.4 is 11.0 Å². The average molecular weight is 425 g/mol. The minimum Gasteiger partial charge on any atom is -0.271 e. The average Bonchev–Trinajstić information content (AvgIpc) is 2.80. The van der Waals surface area contributed by atoms with Crippen LogP contribution in [0.4, 0.5) is 0 Å². The van der Waals surface area contributed by atoms with Crippen LogP contribution in [0, 0.1) is 13.8 Å². The first kappa shape index (κ1) is 21.2. The van der Waals surface area contributed by atoms with Gasteiger partial charge in [0.1, 0.15) is 6.54 Å². The van der Waals surface area contributed by atoms with E-state index in [0.717, 1.165) is 27.6 Å². The summed E-state index contributed by atoms with van der Waals surface area (Å²) in [6.07, 6.45) is 0. The summed E-state index contributed by atoms with van der Waals surface area (Å²) >= 11 is 0. The van der Waals surface area contributed by atoms with Crippen LogP contribution in [0.2, 0.25) is 0 Å². The smallest absolute Gasteiger partial charge is 0.271 e. The van der Waals surface area contributed by atoms with E-state index in [1.165, 1.54) is 4.68 Å². The molecular weight excluding hydrogens is 400 g/mol. The number of fused-ring (bicyclic) bond motifs is 1. The van der Waals surface area contributed by atoms with Gasteiger partial charge in [0.2, 0.25) is 0 Å². The van der Waals surface area contributed by atoms with Gasteiger partial charge in [-0.15, -0.1) is 0 Å². The highest BCUT2D eigenvalue weighted by Crippen LogP contribution is 2.24. The van der Waals surface area contributed by atoms with Gasteiger partial charge in [-0.1, -0.05) is 77.9 Å². The van der Waals surface area contributed by atoms with Crippen molar-refractivity contribution >= 4 is 22.4 Å². The van der Waals surface area contributed by atoms with Gasteiger partial charge in [-0.3, -0.25) is 9.59 Å². The van der Waals surface area contributed by atoms with E-state index in [-0.39, 0.29) is 12.1 Å². The quantitative estimate of drug-likeness (QED) is 0.385. The molecule has 4 aromatic rings. The first-order chi connectivity index (χ1) is 15.4. The summed E-state index contributed by atoms with van der Waals surface area (Å²) in [4.78, 5) is 25.5. The summed E-state index contributed by atoms with van der Waals surface area (Å²) in [6, 6.07) is 23.1. The maximum Gasteiger partial charge on any atom is 0.275 e. The number of aryl methyl sites for hydroxylation is 2. The fourth-order valence-electron chi connectivity index (χ4n) is 3.44. The van der Waals surface area contributed by atoms with Crippen molar-refractivity contribution in [2.24, 2.45) is 5.10 Å². The minimum atomic E-state index is -0.420. The summed E-state index contributed by atoms with van der Waals surface area (Å²) < 4.78 is 1.20. The topological polar surface area (TPSA) is 76.3 Å². The molecular formula is C26H24N4O2. The van der Waals surface area contributed by atoms with Gasteiger partial charge < -0.3 is 0 Å². The summed E-state index contributed by atoms with van der Waals surface area (Å²) in [6.45, 7) is 5.62. The SMILES string of the molecule is C/C(=N\NC(=O)Cn1nc(-c2ccc(C)cc2)c2ccccc2c1=O)c1ccc(C)cc1. The number of rotatable bonds is 5. The van der Waals surface area contributed by atoms with Crippen molar-refractivity contribution in [2.75, 3.05) is 0 Å². The van der Waals surface area contributed by atoms with Crippen molar-refractivity contribution in [3.05, 3.63) is 99.8 Å². The molecule has 0 saturated heterocycles. The number of carbonyl (C=O) groups is 1. The zero-order valence-electron chi connectivity index (χ0n) is 18.3. The van der Waals surface area contributed by atoms with Crippen molar-refractivity contribution in [3.63, 3.8) is 0 Å². The fourth-order valence-corrected chi connectivity index (χ4v) is 3.44. The molecule has 0 bridgehead atoms. The highest BCUT2D eigenvalue weighted by atomic mass is 16.2. The van der Waals surface area contributed by atoms with Crippen LogP contribution in [0.3, 0.4) is 0 Å². The number of amides is 1. The van der Waals surface area contributed by atoms with Gasteiger partial charge in [0.05, 0.1) is 16.8 Å². The Bertz CT molecular complexity index is 1370. The second kappa shape index (κ2) is 8.98. The number of hydrogen-bond acceptors (Lipinski definition) is 4. The normalized spacial score (nSPS) is 11.5. The minimum absolute atomic E-state index is 0.229. The van der Waals surface area contributed by atoms with Gasteiger partial charge in [-0.05, 0) is 32.4 Å². The van der Waals surface area contributed by atoms with E-state index in [1.54, 1.807) is 6.07 Å². The van der Waals surface area contributed by atoms with Crippen molar-refractivity contribution in [3.8, 4) is 11.3 Å². The lowest BCUT2D eigenvalue weighted by Crippen LogP contribution is -2.32. The lowest BCUT2D eigenvalue weighted by atomic mass is 10.0. The predicted octanol–water partition coefficient (Wildman–Crippen LogP) is 4.22. The number of aromatic nitrogens is 2. The lowest BCUT2D eigenvalue weighted by molar-refractivity contribution is -0.121. The highest BCUT2D eigenvalue weighted by Gasteiger charge is 2.14. The Morgan fingerprint density at radius 3 is 2.16 bits per heavy atom. The molecule has 160 valence electrons. The van der Waals surface area contributed by atoms with Crippen molar-refractivity contribution in [2.45, 2.75) is 27.3 Å². The summed E-state index contributed by atoms with van der Waals surface area (Å²) in [5.74, 6) is -0.420. The molecule has 0 aliphatic rings. The molecule has 1 N–H and O–H groups in total. The Balaban J connectivity index is 1.64. The Morgan fingerprint density at radius 2 is 1.50 bits per heavy atom. The summed E-state index contributed by atoms with van der Waals surface area (Å²) in [5, 5.41) is 9.98. The number of hydrogen-bond donors (Lipinski definition) is 1. The largest absolute Gasteiger partial charge is 0.275 e. The van der Waals surface area contributed by atoms with E-state index < -0.39 is 5.91 Å². The second-order valence-corrected chi connectivity index (χ2v) is 7.82. The van der Waals surface area contributed by atoms with Crippen molar-refractivity contribution in [1.82, 2.24) is 15.2 Å². The maximum absolute atomic E-state index is 13.0. The third-order valence-corrected chi connectivity index (χ3v) is 5.30. The molecule has 3 aromatic carbocycles. The van der Waals surface area contributed by atoms with Crippen LogP contribution in [0.25, 0.3) is 22.0 Å². The van der Waals surface area contributed by atoms with Crippen LogP contribution in [0.1, 0.15) is 23.6 Å². The molecule has 0 saturated carbocycles. The van der Waals surface area contributed by atoms with Crippen molar-refractivity contribution < 1.29 is 4.79 Å². The fraction of sp³-hybridized carbons (Fsp3) is 0.154. The Morgan fingerprint density at radius 1 is 0.906 bits per heavy atom. The maximum atomic E-state index is 13.0. The Labute approximate surface area is 186 Å². The van der Waals surface area contributed by atoms with Crippen LogP contribution in [0.5, 0.6) is 0 Å². The molecule has 1 aromatic heterocycles. The zero-order valence-corrected chi connectivity index (χ0v) is 18.3. The number of nitrogens with one attached hydrogen (secondary N) is 1. The molecule has 32 heavy (non-hydrogen) atoms. The van der Waals surface area contributed by atoms with Gasteiger partial charge in [0.25, 0.3) is 11.5 Å². The number of hydrazone groups is 1. The molecule has 6 nitrogen and oxygen atoms in total. The Hall–Kier alpha value is -4.06. The first-order valence-electron chi connectivity index (χ1n) is 10.4. The monoisotopic (exact) mass is 424 g/mol. The Kier molecular flexibility index (Phi) is 5.94. The molecule has 0 aliphatic heterocycles. The number of nitrogens with zero attached hydrogens (tertiary/aromatic N) is 3. The zero-order chi connectivity index (χ0) is 22.7.